The average Bonchev–Trinajstić information content (AvgIpc) is 3.05. The molecule has 1 aliphatic rings. The van der Waals surface area contributed by atoms with Crippen molar-refractivity contribution in [2.45, 2.75) is 6.42 Å². The normalized spacial score (nSPS) is 15.1. The number of nitrogens with two attached hydrogens (primary N) is 1. The molecule has 3 N–H and O–H groups in total. The zero-order chi connectivity index (χ0) is 15.0. The largest absolute Gasteiger partial charge is 0.465 e. The molecule has 3 heterocycles. The van der Waals surface area contributed by atoms with Crippen LogP contribution in [0.2, 0.25) is 5.02 Å². The number of nitrogen functional groups attached to an aromatic ring is 1. The Labute approximate surface area is 134 Å². The zero-order valence-corrected chi connectivity index (χ0v) is 13.3. The van der Waals surface area contributed by atoms with Crippen molar-refractivity contribution in [3.63, 3.8) is 0 Å². The van der Waals surface area contributed by atoms with Gasteiger partial charge in [0.15, 0.2) is 5.13 Å². The number of aromatic nitrogens is 1. The van der Waals surface area contributed by atoms with Gasteiger partial charge < -0.3 is 15.7 Å². The molecule has 0 unspecified atom stereocenters. The molecule has 0 bridgehead atoms. The first kappa shape index (κ1) is 14.4. The number of rotatable bonds is 2. The zero-order valence-electron chi connectivity index (χ0n) is 10.9. The predicted octanol–water partition coefficient (Wildman–Crippen LogP) is 3.87. The van der Waals surface area contributed by atoms with Gasteiger partial charge in [-0.15, -0.1) is 11.3 Å². The van der Waals surface area contributed by atoms with Crippen LogP contribution in [0.4, 0.5) is 9.93 Å². The SMILES string of the molecule is Nc1nc(-c2cc(Cl)cs2)c(C2=CCN(C(=O)O)CC2)s1. The summed E-state index contributed by atoms with van der Waals surface area (Å²) in [6.45, 7) is 0.886. The molecule has 110 valence electrons. The van der Waals surface area contributed by atoms with Crippen molar-refractivity contribution in [2.24, 2.45) is 0 Å². The second-order valence-corrected chi connectivity index (χ2v) is 6.95. The third-order valence-electron chi connectivity index (χ3n) is 3.22. The maximum Gasteiger partial charge on any atom is 0.407 e. The molecule has 2 aromatic heterocycles. The lowest BCUT2D eigenvalue weighted by atomic mass is 10.1. The van der Waals surface area contributed by atoms with Gasteiger partial charge in [-0.2, -0.15) is 0 Å². The van der Waals surface area contributed by atoms with E-state index in [1.807, 2.05) is 17.5 Å². The average molecular weight is 342 g/mol. The van der Waals surface area contributed by atoms with Gasteiger partial charge in [0.05, 0.1) is 14.8 Å². The van der Waals surface area contributed by atoms with E-state index in [0.29, 0.717) is 29.7 Å². The lowest BCUT2D eigenvalue weighted by molar-refractivity contribution is 0.150. The Kier molecular flexibility index (Phi) is 3.88. The highest BCUT2D eigenvalue weighted by Gasteiger charge is 2.22. The van der Waals surface area contributed by atoms with Crippen molar-refractivity contribution in [2.75, 3.05) is 18.8 Å². The Hall–Kier alpha value is -1.57. The van der Waals surface area contributed by atoms with Crippen molar-refractivity contribution >= 4 is 51.1 Å². The van der Waals surface area contributed by atoms with Crippen molar-refractivity contribution < 1.29 is 9.90 Å². The molecule has 2 aromatic rings. The van der Waals surface area contributed by atoms with Gasteiger partial charge in [-0.05, 0) is 18.1 Å². The van der Waals surface area contributed by atoms with Crippen LogP contribution in [0.1, 0.15) is 11.3 Å². The van der Waals surface area contributed by atoms with E-state index in [1.54, 1.807) is 0 Å². The second kappa shape index (κ2) is 5.67. The molecule has 0 saturated carbocycles. The number of nitrogens with zero attached hydrogens (tertiary/aromatic N) is 2. The number of hydrogen-bond acceptors (Lipinski definition) is 5. The molecule has 1 amide bonds. The first-order valence-corrected chi connectivity index (χ1v) is 8.30. The summed E-state index contributed by atoms with van der Waals surface area (Å²) in [7, 11) is 0. The Balaban J connectivity index is 1.95. The van der Waals surface area contributed by atoms with Crippen LogP contribution < -0.4 is 5.73 Å². The van der Waals surface area contributed by atoms with Crippen molar-refractivity contribution in [3.05, 3.63) is 27.4 Å². The summed E-state index contributed by atoms with van der Waals surface area (Å²) in [6.07, 6.45) is 1.71. The molecule has 1 aliphatic heterocycles. The molecule has 0 fully saturated rings. The Morgan fingerprint density at radius 2 is 2.33 bits per heavy atom. The first-order chi connectivity index (χ1) is 10.0. The third-order valence-corrected chi connectivity index (χ3v) is 5.46. The van der Waals surface area contributed by atoms with Crippen LogP contribution >= 0.6 is 34.3 Å². The highest BCUT2D eigenvalue weighted by Crippen LogP contribution is 2.40. The van der Waals surface area contributed by atoms with E-state index in [0.717, 1.165) is 21.0 Å². The summed E-state index contributed by atoms with van der Waals surface area (Å²) in [5.41, 5.74) is 7.79. The van der Waals surface area contributed by atoms with Crippen molar-refractivity contribution in [1.82, 2.24) is 9.88 Å². The lowest BCUT2D eigenvalue weighted by Gasteiger charge is -2.23. The number of carboxylic acid groups (broad SMARTS) is 1. The first-order valence-electron chi connectivity index (χ1n) is 6.22. The summed E-state index contributed by atoms with van der Waals surface area (Å²) in [6, 6.07) is 1.87. The molecule has 0 spiro atoms. The fourth-order valence-corrected chi connectivity index (χ4v) is 4.26. The predicted molar refractivity (Wildman–Crippen MR) is 87.0 cm³/mol. The fourth-order valence-electron chi connectivity index (χ4n) is 2.21. The van der Waals surface area contributed by atoms with Gasteiger partial charge in [0.1, 0.15) is 5.69 Å². The molecule has 5 nitrogen and oxygen atoms in total. The Morgan fingerprint density at radius 3 is 2.90 bits per heavy atom. The summed E-state index contributed by atoms with van der Waals surface area (Å²) >= 11 is 8.93. The molecule has 3 rings (SSSR count). The maximum absolute atomic E-state index is 10.9. The summed E-state index contributed by atoms with van der Waals surface area (Å²) in [5, 5.41) is 12.0. The van der Waals surface area contributed by atoms with Crippen molar-refractivity contribution in [3.8, 4) is 10.6 Å². The number of thiazole rings is 1. The number of anilines is 1. The van der Waals surface area contributed by atoms with Gasteiger partial charge in [0.2, 0.25) is 0 Å². The highest BCUT2D eigenvalue weighted by atomic mass is 35.5. The quantitative estimate of drug-likeness (QED) is 0.868. The monoisotopic (exact) mass is 341 g/mol. The molecule has 0 radical (unpaired) electrons. The van der Waals surface area contributed by atoms with Gasteiger partial charge in [-0.25, -0.2) is 9.78 Å². The minimum absolute atomic E-state index is 0.396. The molecule has 0 atom stereocenters. The standard InChI is InChI=1S/C13H12ClN3O2S2/c14-8-5-9(20-6-8)10-11(21-12(15)16-10)7-1-3-17(4-2-7)13(18)19/h1,5-6H,2-4H2,(H2,15,16)(H,18,19). The number of hydrogen-bond donors (Lipinski definition) is 2. The third kappa shape index (κ3) is 2.90. The van der Waals surface area contributed by atoms with Crippen LogP contribution in [0, 0.1) is 0 Å². The number of carbonyl (C=O) groups is 1. The number of thiophene rings is 1. The van der Waals surface area contributed by atoms with Crippen LogP contribution in [0.3, 0.4) is 0 Å². The smallest absolute Gasteiger partial charge is 0.407 e. The molecule has 8 heteroatoms. The highest BCUT2D eigenvalue weighted by molar-refractivity contribution is 7.18. The van der Waals surface area contributed by atoms with E-state index in [2.05, 4.69) is 4.98 Å². The second-order valence-electron chi connectivity index (χ2n) is 4.57. The molecule has 0 aliphatic carbocycles. The van der Waals surface area contributed by atoms with Crippen LogP contribution in [0.15, 0.2) is 17.5 Å². The minimum atomic E-state index is -0.889. The maximum atomic E-state index is 10.9. The van der Waals surface area contributed by atoms with Gasteiger partial charge in [-0.3, -0.25) is 0 Å². The van der Waals surface area contributed by atoms with E-state index in [-0.39, 0.29) is 0 Å². The van der Waals surface area contributed by atoms with Gasteiger partial charge in [-0.1, -0.05) is 29.0 Å². The summed E-state index contributed by atoms with van der Waals surface area (Å²) in [4.78, 5) is 18.7. The number of amides is 1. The van der Waals surface area contributed by atoms with Crippen LogP contribution in [0.5, 0.6) is 0 Å². The lowest BCUT2D eigenvalue weighted by Crippen LogP contribution is -2.33. The van der Waals surface area contributed by atoms with Crippen molar-refractivity contribution in [1.29, 1.82) is 0 Å². The van der Waals surface area contributed by atoms with Gasteiger partial charge >= 0.3 is 6.09 Å². The minimum Gasteiger partial charge on any atom is -0.465 e. The molecule has 21 heavy (non-hydrogen) atoms. The van der Waals surface area contributed by atoms with E-state index in [1.165, 1.54) is 27.6 Å². The van der Waals surface area contributed by atoms with E-state index in [9.17, 15) is 4.79 Å². The number of halogens is 1. The van der Waals surface area contributed by atoms with Crippen LogP contribution in [0.25, 0.3) is 16.1 Å². The summed E-state index contributed by atoms with van der Waals surface area (Å²) < 4.78 is 0. The van der Waals surface area contributed by atoms with E-state index in [4.69, 9.17) is 22.4 Å². The Bertz CT molecular complexity index is 723. The fraction of sp³-hybridized carbons (Fsp3) is 0.231. The molecule has 0 saturated heterocycles. The van der Waals surface area contributed by atoms with E-state index < -0.39 is 6.09 Å². The van der Waals surface area contributed by atoms with Crippen LogP contribution in [-0.4, -0.2) is 34.2 Å². The Morgan fingerprint density at radius 1 is 1.52 bits per heavy atom. The molecular formula is C13H12ClN3O2S2. The van der Waals surface area contributed by atoms with E-state index >= 15 is 0 Å². The molecule has 0 aromatic carbocycles. The topological polar surface area (TPSA) is 79.5 Å². The van der Waals surface area contributed by atoms with Crippen LogP contribution in [-0.2, 0) is 0 Å². The van der Waals surface area contributed by atoms with Gasteiger partial charge in [0, 0.05) is 18.5 Å². The van der Waals surface area contributed by atoms with Gasteiger partial charge in [0.25, 0.3) is 0 Å². The summed E-state index contributed by atoms with van der Waals surface area (Å²) in [5.74, 6) is 0. The molecular weight excluding hydrogens is 330 g/mol.